The fourth-order valence-electron chi connectivity index (χ4n) is 9.03. The summed E-state index contributed by atoms with van der Waals surface area (Å²) in [5.74, 6) is -0.185. The van der Waals surface area contributed by atoms with Gasteiger partial charge in [-0.25, -0.2) is 0 Å². The van der Waals surface area contributed by atoms with Crippen LogP contribution in [0.5, 0.6) is 0 Å². The summed E-state index contributed by atoms with van der Waals surface area (Å²) in [6, 6.07) is -0.821. The number of rotatable bonds is 49. The molecule has 9 nitrogen and oxygen atoms in total. The summed E-state index contributed by atoms with van der Waals surface area (Å²) >= 11 is 0. The number of allylic oxidation sites excluding steroid dienone is 7. The van der Waals surface area contributed by atoms with Crippen LogP contribution in [0.25, 0.3) is 0 Å². The van der Waals surface area contributed by atoms with E-state index in [-0.39, 0.29) is 12.5 Å². The normalized spacial score (nSPS) is 19.9. The van der Waals surface area contributed by atoms with E-state index in [1.54, 1.807) is 6.08 Å². The fourth-order valence-corrected chi connectivity index (χ4v) is 9.03. The number of amides is 1. The second-order valence-electron chi connectivity index (χ2n) is 20.1. The Bertz CT molecular complexity index is 1210. The Morgan fingerprint density at radius 3 is 1.32 bits per heavy atom. The van der Waals surface area contributed by atoms with Gasteiger partial charge in [-0.05, 0) is 64.2 Å². The minimum Gasteiger partial charge on any atom is -0.394 e. The number of carbonyl (C=O) groups is 1. The molecule has 1 fully saturated rings. The van der Waals surface area contributed by atoms with Crippen molar-refractivity contribution in [3.05, 3.63) is 48.6 Å². The summed E-state index contributed by atoms with van der Waals surface area (Å²) in [6.07, 6.45) is 57.5. The molecule has 1 aliphatic rings. The van der Waals surface area contributed by atoms with Crippen molar-refractivity contribution in [2.75, 3.05) is 13.2 Å². The number of aliphatic hydroxyl groups excluding tert-OH is 5. The number of hydrogen-bond donors (Lipinski definition) is 6. The Labute approximate surface area is 418 Å². The highest BCUT2D eigenvalue weighted by Crippen LogP contribution is 2.23. The molecule has 0 aromatic heterocycles. The van der Waals surface area contributed by atoms with Crippen molar-refractivity contribution in [1.29, 1.82) is 0 Å². The van der Waals surface area contributed by atoms with Gasteiger partial charge in [0, 0.05) is 6.42 Å². The highest BCUT2D eigenvalue weighted by atomic mass is 16.7. The van der Waals surface area contributed by atoms with Gasteiger partial charge in [0.05, 0.1) is 25.4 Å². The lowest BCUT2D eigenvalue weighted by Crippen LogP contribution is -2.60. The predicted octanol–water partition coefficient (Wildman–Crippen LogP) is 14.1. The zero-order valence-electron chi connectivity index (χ0n) is 44.1. The van der Waals surface area contributed by atoms with Crippen LogP contribution in [0.2, 0.25) is 0 Å². The van der Waals surface area contributed by atoms with E-state index in [2.05, 4.69) is 55.6 Å². The van der Waals surface area contributed by atoms with Crippen molar-refractivity contribution < 1.29 is 39.8 Å². The van der Waals surface area contributed by atoms with E-state index in [4.69, 9.17) is 9.47 Å². The van der Waals surface area contributed by atoms with Gasteiger partial charge in [-0.3, -0.25) is 4.79 Å². The summed E-state index contributed by atoms with van der Waals surface area (Å²) in [5, 5.41) is 54.4. The number of carbonyl (C=O) groups excluding carboxylic acids is 1. The zero-order valence-corrected chi connectivity index (χ0v) is 44.1. The largest absolute Gasteiger partial charge is 0.394 e. The topological polar surface area (TPSA) is 149 Å². The lowest BCUT2D eigenvalue weighted by Gasteiger charge is -2.40. The van der Waals surface area contributed by atoms with Crippen molar-refractivity contribution in [3.63, 3.8) is 0 Å². The van der Waals surface area contributed by atoms with Crippen molar-refractivity contribution in [1.82, 2.24) is 5.32 Å². The molecule has 0 spiro atoms. The van der Waals surface area contributed by atoms with Crippen LogP contribution in [0.3, 0.4) is 0 Å². The van der Waals surface area contributed by atoms with Gasteiger partial charge in [0.15, 0.2) is 6.29 Å². The molecule has 0 aromatic rings. The maximum atomic E-state index is 13.0. The van der Waals surface area contributed by atoms with Gasteiger partial charge in [0.2, 0.25) is 5.91 Å². The minimum atomic E-state index is -1.57. The van der Waals surface area contributed by atoms with Crippen LogP contribution in [-0.2, 0) is 14.3 Å². The smallest absolute Gasteiger partial charge is 0.220 e. The molecule has 1 saturated heterocycles. The van der Waals surface area contributed by atoms with Gasteiger partial charge in [0.1, 0.15) is 24.4 Å². The Hall–Kier alpha value is -1.85. The average Bonchev–Trinajstić information content (AvgIpc) is 3.34. The van der Waals surface area contributed by atoms with Crippen LogP contribution in [0.15, 0.2) is 48.6 Å². The number of ether oxygens (including phenoxy) is 2. The molecular formula is C59H109NO8. The molecule has 0 aromatic carbocycles. The van der Waals surface area contributed by atoms with Gasteiger partial charge in [-0.2, -0.15) is 0 Å². The van der Waals surface area contributed by atoms with E-state index < -0.39 is 49.5 Å². The first-order chi connectivity index (χ1) is 33.3. The van der Waals surface area contributed by atoms with Gasteiger partial charge < -0.3 is 40.3 Å². The first-order valence-corrected chi connectivity index (χ1v) is 28.9. The standard InChI is InChI=1S/C59H109NO8/c1-3-5-7-9-11-13-15-17-19-21-22-23-24-25-26-27-28-29-30-31-32-33-35-37-39-41-43-45-47-49-55(63)60-52(51-67-59-58(66)57(65)56(64)54(50-61)68-59)53(62)48-46-44-42-40-38-36-34-20-18-16-14-12-10-8-6-4-2/h15,17,21-22,38,40,46,48,52-54,56-59,61-62,64-66H,3-14,16,18-20,23-37,39,41-45,47,49-51H2,1-2H3,(H,60,63)/b17-15-,22-21-,40-38+,48-46+. The summed E-state index contributed by atoms with van der Waals surface area (Å²) < 4.78 is 11.2. The molecule has 0 radical (unpaired) electrons. The lowest BCUT2D eigenvalue weighted by atomic mass is 9.99. The Morgan fingerprint density at radius 2 is 0.882 bits per heavy atom. The average molecular weight is 961 g/mol. The highest BCUT2D eigenvalue weighted by molar-refractivity contribution is 5.76. The third-order valence-corrected chi connectivity index (χ3v) is 13.6. The van der Waals surface area contributed by atoms with Crippen LogP contribution in [0.4, 0.5) is 0 Å². The molecule has 68 heavy (non-hydrogen) atoms. The van der Waals surface area contributed by atoms with Crippen LogP contribution >= 0.6 is 0 Å². The molecule has 1 aliphatic heterocycles. The highest BCUT2D eigenvalue weighted by Gasteiger charge is 2.44. The van der Waals surface area contributed by atoms with E-state index in [1.165, 1.54) is 199 Å². The van der Waals surface area contributed by atoms with Crippen molar-refractivity contribution in [2.45, 2.75) is 307 Å². The number of nitrogens with one attached hydrogen (secondary N) is 1. The third-order valence-electron chi connectivity index (χ3n) is 13.6. The number of aliphatic hydroxyl groups is 5. The van der Waals surface area contributed by atoms with E-state index >= 15 is 0 Å². The van der Waals surface area contributed by atoms with Crippen molar-refractivity contribution in [3.8, 4) is 0 Å². The minimum absolute atomic E-state index is 0.185. The van der Waals surface area contributed by atoms with E-state index in [0.717, 1.165) is 44.9 Å². The van der Waals surface area contributed by atoms with Crippen molar-refractivity contribution >= 4 is 5.91 Å². The van der Waals surface area contributed by atoms with Crippen LogP contribution in [0, 0.1) is 0 Å². The molecule has 1 amide bonds. The first kappa shape index (κ1) is 64.2. The Balaban J connectivity index is 2.19. The zero-order chi connectivity index (χ0) is 49.4. The quantitative estimate of drug-likeness (QED) is 0.0261. The SMILES string of the molecule is CCCCCCC/C=C\C/C=C\CCCCCCCCCCCCCCCCCCCC(=O)NC(COC1OC(CO)C(O)C(O)C1O)C(O)/C=C/CC/C=C/CCCCCCCCCCCC. The van der Waals surface area contributed by atoms with Crippen molar-refractivity contribution in [2.24, 2.45) is 0 Å². The van der Waals surface area contributed by atoms with Crippen LogP contribution in [0.1, 0.15) is 264 Å². The second-order valence-corrected chi connectivity index (χ2v) is 20.1. The number of unbranched alkanes of at least 4 members (excludes halogenated alkanes) is 33. The molecule has 1 rings (SSSR count). The lowest BCUT2D eigenvalue weighted by molar-refractivity contribution is -0.302. The van der Waals surface area contributed by atoms with E-state index in [9.17, 15) is 30.3 Å². The molecule has 398 valence electrons. The Morgan fingerprint density at radius 1 is 0.500 bits per heavy atom. The van der Waals surface area contributed by atoms with Gasteiger partial charge in [-0.15, -0.1) is 0 Å². The number of hydrogen-bond acceptors (Lipinski definition) is 8. The fraction of sp³-hybridized carbons (Fsp3) is 0.847. The maximum Gasteiger partial charge on any atom is 0.220 e. The third kappa shape index (κ3) is 37.9. The van der Waals surface area contributed by atoms with Crippen LogP contribution in [-0.4, -0.2) is 87.5 Å². The van der Waals surface area contributed by atoms with Crippen LogP contribution < -0.4 is 5.32 Å². The molecule has 0 aliphatic carbocycles. The predicted molar refractivity (Wildman–Crippen MR) is 286 cm³/mol. The molecule has 0 saturated carbocycles. The summed E-state index contributed by atoms with van der Waals surface area (Å²) in [5.41, 5.74) is 0. The second kappa shape index (κ2) is 48.8. The molecule has 6 N–H and O–H groups in total. The summed E-state index contributed by atoms with van der Waals surface area (Å²) in [6.45, 7) is 3.77. The Kier molecular flexibility index (Phi) is 46.0. The first-order valence-electron chi connectivity index (χ1n) is 28.9. The summed E-state index contributed by atoms with van der Waals surface area (Å²) in [4.78, 5) is 13.0. The maximum absolute atomic E-state index is 13.0. The van der Waals surface area contributed by atoms with Gasteiger partial charge in [-0.1, -0.05) is 242 Å². The molecule has 0 bridgehead atoms. The summed E-state index contributed by atoms with van der Waals surface area (Å²) in [7, 11) is 0. The van der Waals surface area contributed by atoms with Gasteiger partial charge in [0.25, 0.3) is 0 Å². The monoisotopic (exact) mass is 960 g/mol. The molecule has 7 atom stereocenters. The van der Waals surface area contributed by atoms with E-state index in [1.807, 2.05) is 6.08 Å². The molecule has 9 heteroatoms. The van der Waals surface area contributed by atoms with Gasteiger partial charge >= 0.3 is 0 Å². The molecule has 1 heterocycles. The van der Waals surface area contributed by atoms with E-state index in [0.29, 0.717) is 6.42 Å². The molecular weight excluding hydrogens is 851 g/mol. The molecule has 7 unspecified atom stereocenters.